The molecule has 2 heterocycles. The predicted octanol–water partition coefficient (Wildman–Crippen LogP) is 0.722. The average molecular weight is 295 g/mol. The number of hydrogen-bond acceptors (Lipinski definition) is 8. The second-order valence-corrected chi connectivity index (χ2v) is 5.19. The standard InChI is InChI=1S/C13H25N7O/c14-19-12-16-11(15-7-3-1-2-6-10-21)17-13(18-12)20-8-4-5-9-20/h21H,1-10,14H2,(H2,15,16,17,18,19). The maximum atomic E-state index is 8.73. The highest BCUT2D eigenvalue weighted by Crippen LogP contribution is 2.18. The summed E-state index contributed by atoms with van der Waals surface area (Å²) < 4.78 is 0. The molecule has 1 aliphatic rings. The van der Waals surface area contributed by atoms with Crippen LogP contribution in [0.3, 0.4) is 0 Å². The number of hydrazine groups is 1. The molecule has 5 N–H and O–H groups in total. The Morgan fingerprint density at radius 2 is 1.71 bits per heavy atom. The zero-order valence-electron chi connectivity index (χ0n) is 12.4. The summed E-state index contributed by atoms with van der Waals surface area (Å²) >= 11 is 0. The first kappa shape index (κ1) is 15.7. The maximum Gasteiger partial charge on any atom is 0.243 e. The summed E-state index contributed by atoms with van der Waals surface area (Å²) in [6.07, 6.45) is 6.36. The summed E-state index contributed by atoms with van der Waals surface area (Å²) in [5.74, 6) is 7.04. The molecule has 0 aromatic carbocycles. The van der Waals surface area contributed by atoms with E-state index in [4.69, 9.17) is 10.9 Å². The van der Waals surface area contributed by atoms with Crippen LogP contribution in [0, 0.1) is 0 Å². The molecule has 0 saturated carbocycles. The van der Waals surface area contributed by atoms with Crippen molar-refractivity contribution in [2.75, 3.05) is 41.9 Å². The smallest absolute Gasteiger partial charge is 0.243 e. The molecule has 0 atom stereocenters. The van der Waals surface area contributed by atoms with Gasteiger partial charge in [0.2, 0.25) is 17.8 Å². The number of aliphatic hydroxyl groups excluding tert-OH is 1. The molecule has 0 aliphatic carbocycles. The van der Waals surface area contributed by atoms with Crippen LogP contribution in [-0.2, 0) is 0 Å². The molecule has 118 valence electrons. The van der Waals surface area contributed by atoms with Gasteiger partial charge in [-0.25, -0.2) is 5.84 Å². The van der Waals surface area contributed by atoms with E-state index in [1.54, 1.807) is 0 Å². The average Bonchev–Trinajstić information content (AvgIpc) is 3.05. The second-order valence-electron chi connectivity index (χ2n) is 5.19. The van der Waals surface area contributed by atoms with Gasteiger partial charge in [-0.1, -0.05) is 12.8 Å². The van der Waals surface area contributed by atoms with E-state index in [2.05, 4.69) is 30.6 Å². The fraction of sp³-hybridized carbons (Fsp3) is 0.769. The van der Waals surface area contributed by atoms with Crippen LogP contribution in [0.4, 0.5) is 17.8 Å². The highest BCUT2D eigenvalue weighted by Gasteiger charge is 2.17. The van der Waals surface area contributed by atoms with Crippen LogP contribution in [0.25, 0.3) is 0 Å². The molecule has 1 aromatic rings. The van der Waals surface area contributed by atoms with Crippen LogP contribution in [-0.4, -0.2) is 46.3 Å². The van der Waals surface area contributed by atoms with Crippen LogP contribution in [0.5, 0.6) is 0 Å². The Balaban J connectivity index is 1.87. The summed E-state index contributed by atoms with van der Waals surface area (Å²) in [6.45, 7) is 3.04. The Bertz CT molecular complexity index is 423. The molecule has 0 spiro atoms. The Labute approximate surface area is 125 Å². The van der Waals surface area contributed by atoms with E-state index >= 15 is 0 Å². The molecule has 0 bridgehead atoms. The molecule has 8 nitrogen and oxygen atoms in total. The molecule has 1 aromatic heterocycles. The minimum Gasteiger partial charge on any atom is -0.396 e. The zero-order chi connectivity index (χ0) is 14.9. The molecular weight excluding hydrogens is 270 g/mol. The van der Waals surface area contributed by atoms with Crippen molar-refractivity contribution >= 4 is 17.8 Å². The van der Waals surface area contributed by atoms with E-state index in [0.717, 1.165) is 45.3 Å². The van der Waals surface area contributed by atoms with Crippen LogP contribution < -0.4 is 21.5 Å². The molecule has 1 saturated heterocycles. The minimum absolute atomic E-state index is 0.269. The van der Waals surface area contributed by atoms with Crippen LogP contribution in [0.2, 0.25) is 0 Å². The minimum atomic E-state index is 0.269. The normalized spacial score (nSPS) is 14.5. The molecule has 21 heavy (non-hydrogen) atoms. The Kier molecular flexibility index (Phi) is 6.42. The lowest BCUT2D eigenvalue weighted by atomic mass is 10.2. The third kappa shape index (κ3) is 4.98. The zero-order valence-corrected chi connectivity index (χ0v) is 12.4. The van der Waals surface area contributed by atoms with Crippen molar-refractivity contribution < 1.29 is 5.11 Å². The van der Waals surface area contributed by atoms with E-state index < -0.39 is 0 Å². The summed E-state index contributed by atoms with van der Waals surface area (Å²) in [6, 6.07) is 0. The largest absolute Gasteiger partial charge is 0.396 e. The number of rotatable bonds is 9. The van der Waals surface area contributed by atoms with Gasteiger partial charge >= 0.3 is 0 Å². The van der Waals surface area contributed by atoms with E-state index in [1.165, 1.54) is 12.8 Å². The molecule has 0 unspecified atom stereocenters. The monoisotopic (exact) mass is 295 g/mol. The Hall–Kier alpha value is -1.67. The van der Waals surface area contributed by atoms with Crippen molar-refractivity contribution in [2.24, 2.45) is 5.84 Å². The highest BCUT2D eigenvalue weighted by atomic mass is 16.2. The summed E-state index contributed by atoms with van der Waals surface area (Å²) in [4.78, 5) is 15.1. The fourth-order valence-corrected chi connectivity index (χ4v) is 2.36. The number of hydrogen-bond donors (Lipinski definition) is 4. The lowest BCUT2D eigenvalue weighted by molar-refractivity contribution is 0.283. The van der Waals surface area contributed by atoms with E-state index in [-0.39, 0.29) is 6.61 Å². The molecule has 0 radical (unpaired) electrons. The van der Waals surface area contributed by atoms with Gasteiger partial charge in [-0.15, -0.1) is 0 Å². The Morgan fingerprint density at radius 1 is 1.00 bits per heavy atom. The number of nitrogens with one attached hydrogen (secondary N) is 2. The third-order valence-corrected chi connectivity index (χ3v) is 3.51. The predicted molar refractivity (Wildman–Crippen MR) is 83.1 cm³/mol. The topological polar surface area (TPSA) is 112 Å². The number of aliphatic hydroxyl groups is 1. The fourth-order valence-electron chi connectivity index (χ4n) is 2.36. The summed E-state index contributed by atoms with van der Waals surface area (Å²) in [5.41, 5.74) is 2.49. The van der Waals surface area contributed by atoms with Crippen molar-refractivity contribution in [2.45, 2.75) is 38.5 Å². The number of aromatic nitrogens is 3. The van der Waals surface area contributed by atoms with E-state index in [0.29, 0.717) is 17.8 Å². The SMILES string of the molecule is NNc1nc(NCCCCCCO)nc(N2CCCC2)n1. The number of nitrogen functional groups attached to an aromatic ring is 1. The first-order chi connectivity index (χ1) is 10.3. The van der Waals surface area contributed by atoms with Gasteiger partial charge in [0.15, 0.2) is 0 Å². The number of nitrogens with zero attached hydrogens (tertiary/aromatic N) is 4. The third-order valence-electron chi connectivity index (χ3n) is 3.51. The van der Waals surface area contributed by atoms with Gasteiger partial charge in [0.1, 0.15) is 0 Å². The van der Waals surface area contributed by atoms with Crippen molar-refractivity contribution in [1.29, 1.82) is 0 Å². The maximum absolute atomic E-state index is 8.73. The van der Waals surface area contributed by atoms with Gasteiger partial charge in [0, 0.05) is 26.2 Å². The Morgan fingerprint density at radius 3 is 2.43 bits per heavy atom. The highest BCUT2D eigenvalue weighted by molar-refractivity contribution is 5.43. The molecule has 1 fully saturated rings. The van der Waals surface area contributed by atoms with Gasteiger partial charge < -0.3 is 15.3 Å². The lowest BCUT2D eigenvalue weighted by Crippen LogP contribution is -2.23. The van der Waals surface area contributed by atoms with Crippen LogP contribution >= 0.6 is 0 Å². The van der Waals surface area contributed by atoms with Crippen molar-refractivity contribution in [3.05, 3.63) is 0 Å². The van der Waals surface area contributed by atoms with Gasteiger partial charge in [0.05, 0.1) is 0 Å². The number of unbranched alkanes of at least 4 members (excludes halogenated alkanes) is 3. The second kappa shape index (κ2) is 8.58. The van der Waals surface area contributed by atoms with E-state index in [9.17, 15) is 0 Å². The lowest BCUT2D eigenvalue weighted by Gasteiger charge is -2.16. The molecular formula is C13H25N7O. The molecule has 2 rings (SSSR count). The van der Waals surface area contributed by atoms with Gasteiger partial charge in [-0.05, 0) is 25.7 Å². The quantitative estimate of drug-likeness (QED) is 0.299. The molecule has 1 aliphatic heterocycles. The molecule has 8 heteroatoms. The molecule has 0 amide bonds. The van der Waals surface area contributed by atoms with Gasteiger partial charge in [-0.2, -0.15) is 15.0 Å². The van der Waals surface area contributed by atoms with Gasteiger partial charge in [-0.3, -0.25) is 5.43 Å². The van der Waals surface area contributed by atoms with Crippen LogP contribution in [0.1, 0.15) is 38.5 Å². The number of nitrogens with two attached hydrogens (primary N) is 1. The van der Waals surface area contributed by atoms with Crippen LogP contribution in [0.15, 0.2) is 0 Å². The summed E-state index contributed by atoms with van der Waals surface area (Å²) in [7, 11) is 0. The van der Waals surface area contributed by atoms with Crippen molar-refractivity contribution in [3.63, 3.8) is 0 Å². The number of anilines is 3. The van der Waals surface area contributed by atoms with Crippen molar-refractivity contribution in [1.82, 2.24) is 15.0 Å². The first-order valence-corrected chi connectivity index (χ1v) is 7.66. The van der Waals surface area contributed by atoms with E-state index in [1.807, 2.05) is 0 Å². The first-order valence-electron chi connectivity index (χ1n) is 7.66. The van der Waals surface area contributed by atoms with Gasteiger partial charge in [0.25, 0.3) is 0 Å². The summed E-state index contributed by atoms with van der Waals surface area (Å²) in [5, 5.41) is 11.9. The van der Waals surface area contributed by atoms with Crippen molar-refractivity contribution in [3.8, 4) is 0 Å².